The molecule has 53 valence electrons. The zero-order chi connectivity index (χ0) is 7.52. The predicted molar refractivity (Wildman–Crippen MR) is 45.1 cm³/mol. The molecule has 0 bridgehead atoms. The zero-order valence-electron chi connectivity index (χ0n) is 5.78. The SMILES string of the molecule is [C]1=NN=Cc2ccccc2N1. The summed E-state index contributed by atoms with van der Waals surface area (Å²) in [7, 11) is 0. The summed E-state index contributed by atoms with van der Waals surface area (Å²) in [6, 6.07) is 7.83. The Kier molecular flexibility index (Phi) is 1.41. The van der Waals surface area contributed by atoms with E-state index in [1.165, 1.54) is 0 Å². The highest BCUT2D eigenvalue weighted by Crippen LogP contribution is 2.12. The first kappa shape index (κ1) is 6.09. The molecule has 2 rings (SSSR count). The molecule has 0 unspecified atom stereocenters. The maximum absolute atomic E-state index is 3.74. The summed E-state index contributed by atoms with van der Waals surface area (Å²) in [5, 5.41) is 10.2. The first-order chi connectivity index (χ1) is 5.47. The van der Waals surface area contributed by atoms with Crippen molar-refractivity contribution in [1.29, 1.82) is 0 Å². The van der Waals surface area contributed by atoms with Crippen molar-refractivity contribution in [2.45, 2.75) is 0 Å². The number of anilines is 1. The van der Waals surface area contributed by atoms with E-state index in [0.717, 1.165) is 11.3 Å². The maximum Gasteiger partial charge on any atom is 0.198 e. The average molecular weight is 144 g/mol. The number of hydrogen-bond acceptors (Lipinski definition) is 3. The fourth-order valence-electron chi connectivity index (χ4n) is 0.929. The van der Waals surface area contributed by atoms with E-state index >= 15 is 0 Å². The molecule has 0 aromatic heterocycles. The Balaban J connectivity index is 2.52. The van der Waals surface area contributed by atoms with Gasteiger partial charge in [0.2, 0.25) is 0 Å². The van der Waals surface area contributed by atoms with E-state index in [4.69, 9.17) is 0 Å². The van der Waals surface area contributed by atoms with Gasteiger partial charge in [0.15, 0.2) is 6.34 Å². The van der Waals surface area contributed by atoms with Gasteiger partial charge in [-0.15, -0.1) is 5.10 Å². The maximum atomic E-state index is 3.74. The van der Waals surface area contributed by atoms with Gasteiger partial charge in [-0.25, -0.2) is 0 Å². The van der Waals surface area contributed by atoms with Gasteiger partial charge in [-0.1, -0.05) is 18.2 Å². The Morgan fingerprint density at radius 3 is 3.18 bits per heavy atom. The Bertz CT molecular complexity index is 315. The Hall–Kier alpha value is -1.64. The van der Waals surface area contributed by atoms with E-state index in [2.05, 4.69) is 21.9 Å². The molecule has 0 aliphatic carbocycles. The van der Waals surface area contributed by atoms with Crippen molar-refractivity contribution in [2.24, 2.45) is 10.2 Å². The van der Waals surface area contributed by atoms with Crippen molar-refractivity contribution >= 4 is 18.2 Å². The third kappa shape index (κ3) is 1.12. The molecule has 0 spiro atoms. The summed E-state index contributed by atoms with van der Waals surface area (Å²) in [5.41, 5.74) is 2.01. The van der Waals surface area contributed by atoms with Crippen LogP contribution in [-0.4, -0.2) is 12.6 Å². The molecule has 1 N–H and O–H groups in total. The molecule has 0 saturated heterocycles. The van der Waals surface area contributed by atoms with Gasteiger partial charge in [0.05, 0.1) is 6.21 Å². The van der Waals surface area contributed by atoms with Crippen molar-refractivity contribution in [3.8, 4) is 0 Å². The molecule has 0 atom stereocenters. The Morgan fingerprint density at radius 2 is 2.18 bits per heavy atom. The highest BCUT2D eigenvalue weighted by atomic mass is 15.2. The molecule has 1 heterocycles. The standard InChI is InChI=1S/C8H6N3/c1-2-4-8-7(3-1)5-10-11-6-9-8/h1-5H,(H,9,11). The lowest BCUT2D eigenvalue weighted by molar-refractivity contribution is 1.27. The molecule has 1 aliphatic rings. The van der Waals surface area contributed by atoms with Crippen LogP contribution in [0.1, 0.15) is 5.56 Å². The molecule has 11 heavy (non-hydrogen) atoms. The van der Waals surface area contributed by atoms with Crippen molar-refractivity contribution in [3.05, 3.63) is 29.8 Å². The summed E-state index contributed by atoms with van der Waals surface area (Å²) < 4.78 is 0. The van der Waals surface area contributed by atoms with Crippen LogP contribution in [0.2, 0.25) is 0 Å². The first-order valence-electron chi connectivity index (χ1n) is 3.30. The smallest absolute Gasteiger partial charge is 0.198 e. The fraction of sp³-hybridized carbons (Fsp3) is 0. The van der Waals surface area contributed by atoms with E-state index in [1.54, 1.807) is 6.21 Å². The summed E-state index contributed by atoms with van der Waals surface area (Å²) >= 11 is 0. The van der Waals surface area contributed by atoms with Crippen LogP contribution in [0.5, 0.6) is 0 Å². The Labute approximate surface area is 64.5 Å². The van der Waals surface area contributed by atoms with E-state index < -0.39 is 0 Å². The second-order valence-corrected chi connectivity index (χ2v) is 2.17. The van der Waals surface area contributed by atoms with Crippen LogP contribution >= 0.6 is 0 Å². The predicted octanol–water partition coefficient (Wildman–Crippen LogP) is 1.35. The van der Waals surface area contributed by atoms with Crippen LogP contribution in [-0.2, 0) is 0 Å². The van der Waals surface area contributed by atoms with Crippen molar-refractivity contribution in [3.63, 3.8) is 0 Å². The quantitative estimate of drug-likeness (QED) is 0.586. The van der Waals surface area contributed by atoms with Gasteiger partial charge in [-0.3, -0.25) is 0 Å². The number of nitrogens with zero attached hydrogens (tertiary/aromatic N) is 2. The molecular weight excluding hydrogens is 138 g/mol. The summed E-state index contributed by atoms with van der Waals surface area (Å²) in [6.45, 7) is 0. The molecule has 1 aliphatic heterocycles. The molecule has 3 nitrogen and oxygen atoms in total. The van der Waals surface area contributed by atoms with Crippen LogP contribution in [0.25, 0.3) is 0 Å². The molecule has 0 fully saturated rings. The van der Waals surface area contributed by atoms with Crippen molar-refractivity contribution < 1.29 is 0 Å². The van der Waals surface area contributed by atoms with Gasteiger partial charge in [-0.2, -0.15) is 5.10 Å². The topological polar surface area (TPSA) is 36.8 Å². The van der Waals surface area contributed by atoms with E-state index in [9.17, 15) is 0 Å². The second kappa shape index (κ2) is 2.54. The van der Waals surface area contributed by atoms with Gasteiger partial charge in [0.25, 0.3) is 0 Å². The lowest BCUT2D eigenvalue weighted by atomic mass is 10.2. The number of hydrogen-bond donors (Lipinski definition) is 1. The number of rotatable bonds is 0. The van der Waals surface area contributed by atoms with Crippen LogP contribution in [0.3, 0.4) is 0 Å². The minimum Gasteiger partial charge on any atom is -0.335 e. The van der Waals surface area contributed by atoms with E-state index in [1.807, 2.05) is 24.3 Å². The first-order valence-corrected chi connectivity index (χ1v) is 3.30. The lowest BCUT2D eigenvalue weighted by Crippen LogP contribution is -1.95. The second-order valence-electron chi connectivity index (χ2n) is 2.17. The molecule has 0 saturated carbocycles. The number of benzene rings is 1. The zero-order valence-corrected chi connectivity index (χ0v) is 5.78. The molecule has 1 aromatic rings. The van der Waals surface area contributed by atoms with Crippen molar-refractivity contribution in [1.82, 2.24) is 0 Å². The van der Waals surface area contributed by atoms with Crippen LogP contribution in [0, 0.1) is 0 Å². The van der Waals surface area contributed by atoms with Crippen LogP contribution in [0.15, 0.2) is 34.5 Å². The number of nitrogens with one attached hydrogen (secondary N) is 1. The third-order valence-corrected chi connectivity index (χ3v) is 1.46. The summed E-state index contributed by atoms with van der Waals surface area (Å²) in [5.74, 6) is 0. The fourth-order valence-corrected chi connectivity index (χ4v) is 0.929. The minimum absolute atomic E-state index is 0.984. The van der Waals surface area contributed by atoms with Gasteiger partial charge in [-0.05, 0) is 6.07 Å². The monoisotopic (exact) mass is 144 g/mol. The molecule has 1 aromatic carbocycles. The van der Waals surface area contributed by atoms with Gasteiger partial charge in [0.1, 0.15) is 0 Å². The van der Waals surface area contributed by atoms with Crippen LogP contribution in [0.4, 0.5) is 5.69 Å². The molecule has 3 heteroatoms. The van der Waals surface area contributed by atoms with E-state index in [0.29, 0.717) is 0 Å². The Morgan fingerprint density at radius 1 is 1.27 bits per heavy atom. The summed E-state index contributed by atoms with van der Waals surface area (Å²) in [4.78, 5) is 0. The van der Waals surface area contributed by atoms with Gasteiger partial charge >= 0.3 is 0 Å². The lowest BCUT2D eigenvalue weighted by Gasteiger charge is -1.99. The highest BCUT2D eigenvalue weighted by Gasteiger charge is 1.98. The summed E-state index contributed by atoms with van der Waals surface area (Å²) in [6.07, 6.45) is 4.28. The van der Waals surface area contributed by atoms with Gasteiger partial charge in [0, 0.05) is 11.3 Å². The van der Waals surface area contributed by atoms with Gasteiger partial charge < -0.3 is 5.32 Å². The molecule has 0 amide bonds. The molecule has 1 radical (unpaired) electrons. The van der Waals surface area contributed by atoms with Crippen molar-refractivity contribution in [2.75, 3.05) is 5.32 Å². The minimum atomic E-state index is 0.984. The largest absolute Gasteiger partial charge is 0.335 e. The normalized spacial score (nSPS) is 13.5. The third-order valence-electron chi connectivity index (χ3n) is 1.46. The highest BCUT2D eigenvalue weighted by molar-refractivity contribution is 5.93. The molecular formula is C8H6N3. The number of fused-ring (bicyclic) bond motifs is 1. The average Bonchev–Trinajstić information content (AvgIpc) is 2.28. The number of para-hydroxylation sites is 1. The van der Waals surface area contributed by atoms with Crippen LogP contribution < -0.4 is 5.32 Å². The van der Waals surface area contributed by atoms with E-state index in [-0.39, 0.29) is 0 Å².